The van der Waals surface area contributed by atoms with Crippen molar-refractivity contribution >= 4 is 0 Å². The van der Waals surface area contributed by atoms with Crippen LogP contribution >= 0.6 is 0 Å². The summed E-state index contributed by atoms with van der Waals surface area (Å²) >= 11 is 0. The Morgan fingerprint density at radius 3 is 2.61 bits per heavy atom. The predicted molar refractivity (Wildman–Crippen MR) is 94.9 cm³/mol. The lowest BCUT2D eigenvalue weighted by Crippen LogP contribution is -2.56. The molecule has 1 heterocycles. The van der Waals surface area contributed by atoms with Crippen LogP contribution in [0.4, 0.5) is 0 Å². The third-order valence-corrected chi connectivity index (χ3v) is 8.89. The van der Waals surface area contributed by atoms with Crippen LogP contribution in [0.15, 0.2) is 0 Å². The summed E-state index contributed by atoms with van der Waals surface area (Å²) in [5.74, 6) is 3.96. The first-order chi connectivity index (χ1) is 11.1. The van der Waals surface area contributed by atoms with E-state index in [-0.39, 0.29) is 0 Å². The third-order valence-electron chi connectivity index (χ3n) is 8.89. The van der Waals surface area contributed by atoms with Crippen molar-refractivity contribution in [3.05, 3.63) is 0 Å². The highest BCUT2D eigenvalue weighted by Gasteiger charge is 2.59. The minimum Gasteiger partial charge on any atom is -0.302 e. The summed E-state index contributed by atoms with van der Waals surface area (Å²) in [6, 6.07) is 0.600. The summed E-state index contributed by atoms with van der Waals surface area (Å²) in [7, 11) is 0. The van der Waals surface area contributed by atoms with E-state index < -0.39 is 0 Å². The molecule has 23 heavy (non-hydrogen) atoms. The normalized spacial score (nSPS) is 53.1. The molecule has 4 fully saturated rings. The van der Waals surface area contributed by atoms with E-state index in [0.717, 1.165) is 30.3 Å². The number of fused-ring (bicyclic) bond motifs is 5. The summed E-state index contributed by atoms with van der Waals surface area (Å²) in [4.78, 5) is 5.71. The van der Waals surface area contributed by atoms with E-state index >= 15 is 0 Å². The van der Waals surface area contributed by atoms with Gasteiger partial charge in [-0.1, -0.05) is 33.6 Å². The predicted octanol–water partition coefficient (Wildman–Crippen LogP) is 5.33. The second-order valence-corrected chi connectivity index (χ2v) is 9.69. The largest absolute Gasteiger partial charge is 0.302 e. The molecule has 1 N–H and O–H groups in total. The zero-order valence-electron chi connectivity index (χ0n) is 15.6. The highest BCUT2D eigenvalue weighted by molar-refractivity contribution is 5.09. The molecular formula is C21H37NO. The Bertz CT molecular complexity index is 438. The van der Waals surface area contributed by atoms with Crippen LogP contribution in [0.2, 0.25) is 0 Å². The first-order valence-electron chi connectivity index (χ1n) is 10.5. The molecule has 2 nitrogen and oxygen atoms in total. The van der Waals surface area contributed by atoms with E-state index in [0.29, 0.717) is 16.9 Å². The number of hydrogen-bond acceptors (Lipinski definition) is 2. The second-order valence-electron chi connectivity index (χ2n) is 9.69. The van der Waals surface area contributed by atoms with Crippen LogP contribution in [0.3, 0.4) is 0 Å². The quantitative estimate of drug-likeness (QED) is 0.743. The fourth-order valence-electron chi connectivity index (χ4n) is 7.63. The SMILES string of the molecule is CCCC1CCC2C3CCC4NOCCCC4(C)C3CCC12C. The molecule has 4 rings (SSSR count). The van der Waals surface area contributed by atoms with Gasteiger partial charge in [0.15, 0.2) is 0 Å². The Balaban J connectivity index is 1.59. The molecule has 7 unspecified atom stereocenters. The summed E-state index contributed by atoms with van der Waals surface area (Å²) in [5.41, 5.74) is 4.59. The molecule has 0 bridgehead atoms. The van der Waals surface area contributed by atoms with Gasteiger partial charge in [-0.15, -0.1) is 0 Å². The van der Waals surface area contributed by atoms with Crippen LogP contribution in [0.1, 0.15) is 85.0 Å². The van der Waals surface area contributed by atoms with Gasteiger partial charge in [0.05, 0.1) is 6.61 Å². The van der Waals surface area contributed by atoms with Crippen LogP contribution in [0.25, 0.3) is 0 Å². The van der Waals surface area contributed by atoms with E-state index in [1.807, 2.05) is 0 Å². The van der Waals surface area contributed by atoms with Crippen LogP contribution in [0.5, 0.6) is 0 Å². The van der Waals surface area contributed by atoms with Gasteiger partial charge >= 0.3 is 0 Å². The van der Waals surface area contributed by atoms with Crippen molar-refractivity contribution in [2.75, 3.05) is 6.61 Å². The minimum atomic E-state index is 0.476. The summed E-state index contributed by atoms with van der Waals surface area (Å²) in [5, 5.41) is 0. The van der Waals surface area contributed by atoms with Gasteiger partial charge in [0, 0.05) is 6.04 Å². The molecule has 0 aromatic heterocycles. The molecule has 0 radical (unpaired) electrons. The Morgan fingerprint density at radius 1 is 0.957 bits per heavy atom. The maximum absolute atomic E-state index is 5.71. The highest BCUT2D eigenvalue weighted by Crippen LogP contribution is 2.65. The van der Waals surface area contributed by atoms with E-state index in [9.17, 15) is 0 Å². The number of hydrogen-bond donors (Lipinski definition) is 1. The van der Waals surface area contributed by atoms with Crippen molar-refractivity contribution < 1.29 is 4.84 Å². The first kappa shape index (κ1) is 16.4. The lowest BCUT2D eigenvalue weighted by atomic mass is 9.47. The molecule has 1 saturated heterocycles. The average molecular weight is 320 g/mol. The second kappa shape index (κ2) is 6.02. The number of rotatable bonds is 2. The summed E-state index contributed by atoms with van der Waals surface area (Å²) in [6.45, 7) is 8.55. The molecule has 1 aliphatic heterocycles. The Labute approximate surface area is 143 Å². The van der Waals surface area contributed by atoms with E-state index in [1.165, 1.54) is 64.2 Å². The lowest BCUT2D eigenvalue weighted by molar-refractivity contribution is -0.104. The fourth-order valence-corrected chi connectivity index (χ4v) is 7.63. The van der Waals surface area contributed by atoms with Gasteiger partial charge in [-0.05, 0) is 85.9 Å². The topological polar surface area (TPSA) is 21.3 Å². The molecule has 0 aromatic rings. The molecule has 0 spiro atoms. The smallest absolute Gasteiger partial charge is 0.0682 e. The van der Waals surface area contributed by atoms with E-state index in [4.69, 9.17) is 4.84 Å². The highest BCUT2D eigenvalue weighted by atomic mass is 16.6. The average Bonchev–Trinajstić information content (AvgIpc) is 2.74. The van der Waals surface area contributed by atoms with Gasteiger partial charge in [-0.3, -0.25) is 0 Å². The van der Waals surface area contributed by atoms with Crippen molar-refractivity contribution in [1.82, 2.24) is 5.48 Å². The Hall–Kier alpha value is -0.0800. The number of hydroxylamine groups is 1. The third kappa shape index (κ3) is 2.42. The van der Waals surface area contributed by atoms with Crippen LogP contribution < -0.4 is 5.48 Å². The Morgan fingerprint density at radius 2 is 1.78 bits per heavy atom. The molecule has 3 saturated carbocycles. The van der Waals surface area contributed by atoms with Gasteiger partial charge in [-0.2, -0.15) is 5.48 Å². The lowest BCUT2D eigenvalue weighted by Gasteiger charge is -2.58. The minimum absolute atomic E-state index is 0.476. The van der Waals surface area contributed by atoms with Crippen LogP contribution in [0, 0.1) is 34.5 Å². The van der Waals surface area contributed by atoms with Gasteiger partial charge in [0.1, 0.15) is 0 Å². The molecule has 0 amide bonds. The molecule has 3 aliphatic carbocycles. The molecule has 7 atom stereocenters. The molecular weight excluding hydrogens is 282 g/mol. The summed E-state index contributed by atoms with van der Waals surface area (Å²) < 4.78 is 0. The molecule has 2 heteroatoms. The first-order valence-corrected chi connectivity index (χ1v) is 10.5. The Kier molecular flexibility index (Phi) is 4.29. The molecule has 0 aromatic carbocycles. The van der Waals surface area contributed by atoms with Crippen molar-refractivity contribution in [3.8, 4) is 0 Å². The van der Waals surface area contributed by atoms with Crippen LogP contribution in [-0.4, -0.2) is 12.6 Å². The van der Waals surface area contributed by atoms with E-state index in [2.05, 4.69) is 26.3 Å². The fraction of sp³-hybridized carbons (Fsp3) is 1.00. The maximum Gasteiger partial charge on any atom is 0.0682 e. The van der Waals surface area contributed by atoms with Gasteiger partial charge in [0.2, 0.25) is 0 Å². The number of nitrogens with one attached hydrogen (secondary N) is 1. The summed E-state index contributed by atoms with van der Waals surface area (Å²) in [6.07, 6.45) is 14.2. The zero-order valence-corrected chi connectivity index (χ0v) is 15.6. The molecule has 4 aliphatic rings. The van der Waals surface area contributed by atoms with Crippen LogP contribution in [-0.2, 0) is 4.84 Å². The zero-order chi connectivity index (χ0) is 16.1. The van der Waals surface area contributed by atoms with Crippen molar-refractivity contribution in [1.29, 1.82) is 0 Å². The van der Waals surface area contributed by atoms with Gasteiger partial charge in [-0.25, -0.2) is 0 Å². The van der Waals surface area contributed by atoms with E-state index in [1.54, 1.807) is 0 Å². The van der Waals surface area contributed by atoms with Crippen molar-refractivity contribution in [2.24, 2.45) is 34.5 Å². The standard InChI is InChI=1S/C21H37NO/c1-4-6-15-7-9-17-16-8-10-19-21(3,12-5-14-23-22-19)18(16)11-13-20(15,17)2/h15-19,22H,4-14H2,1-3H3. The monoisotopic (exact) mass is 319 g/mol. The maximum atomic E-state index is 5.71. The molecule has 132 valence electrons. The van der Waals surface area contributed by atoms with Gasteiger partial charge in [0.25, 0.3) is 0 Å². The van der Waals surface area contributed by atoms with Crippen molar-refractivity contribution in [3.63, 3.8) is 0 Å². The van der Waals surface area contributed by atoms with Gasteiger partial charge < -0.3 is 4.84 Å². The van der Waals surface area contributed by atoms with Crippen molar-refractivity contribution in [2.45, 2.75) is 91.0 Å².